The molecule has 0 radical (unpaired) electrons. The molecule has 0 saturated carbocycles. The summed E-state index contributed by atoms with van der Waals surface area (Å²) in [5.41, 5.74) is 5.36. The van der Waals surface area contributed by atoms with Gasteiger partial charge >= 0.3 is 5.97 Å². The van der Waals surface area contributed by atoms with Crippen molar-refractivity contribution in [1.29, 1.82) is 0 Å². The number of ether oxygens (including phenoxy) is 2. The molecule has 0 saturated heterocycles. The van der Waals surface area contributed by atoms with Crippen LogP contribution in [0.25, 0.3) is 0 Å². The number of methoxy groups -OCH3 is 2. The molecule has 0 aromatic carbocycles. The smallest absolute Gasteiger partial charge is 0.322 e. The van der Waals surface area contributed by atoms with Crippen molar-refractivity contribution in [2.24, 2.45) is 5.73 Å². The lowest BCUT2D eigenvalue weighted by atomic mass is 10.2. The highest BCUT2D eigenvalue weighted by Gasteiger charge is 2.11. The van der Waals surface area contributed by atoms with Gasteiger partial charge in [0.15, 0.2) is 0 Å². The van der Waals surface area contributed by atoms with Gasteiger partial charge in [0.05, 0.1) is 7.11 Å². The molecule has 0 aliphatic carbocycles. The second-order valence-electron chi connectivity index (χ2n) is 1.91. The second kappa shape index (κ2) is 7.78. The van der Waals surface area contributed by atoms with Crippen molar-refractivity contribution in [2.45, 2.75) is 12.5 Å². The summed E-state index contributed by atoms with van der Waals surface area (Å²) in [6.45, 7) is 0.482. The van der Waals surface area contributed by atoms with Crippen LogP contribution >= 0.6 is 12.4 Å². The van der Waals surface area contributed by atoms with Crippen molar-refractivity contribution in [3.63, 3.8) is 0 Å². The third-order valence-corrected chi connectivity index (χ3v) is 1.14. The summed E-state index contributed by atoms with van der Waals surface area (Å²) in [4.78, 5) is 10.6. The van der Waals surface area contributed by atoms with Gasteiger partial charge in [0.1, 0.15) is 6.04 Å². The topological polar surface area (TPSA) is 61.5 Å². The highest BCUT2D eigenvalue weighted by atomic mass is 35.5. The number of carbonyl (C=O) groups is 1. The van der Waals surface area contributed by atoms with Crippen molar-refractivity contribution in [1.82, 2.24) is 0 Å². The standard InChI is InChI=1S/C6H13NO3.ClH/c1-9-4-3-5(7)6(8)10-2;/h5H,3-4,7H2,1-2H3;1H. The lowest BCUT2D eigenvalue weighted by Crippen LogP contribution is -2.32. The zero-order valence-electron chi connectivity index (χ0n) is 6.70. The third-order valence-electron chi connectivity index (χ3n) is 1.14. The van der Waals surface area contributed by atoms with Gasteiger partial charge in [0.25, 0.3) is 0 Å². The third kappa shape index (κ3) is 6.09. The molecule has 0 amide bonds. The largest absolute Gasteiger partial charge is 0.468 e. The number of nitrogens with two attached hydrogens (primary N) is 1. The Hall–Kier alpha value is -0.320. The number of hydrogen-bond acceptors (Lipinski definition) is 4. The quantitative estimate of drug-likeness (QED) is 0.621. The maximum atomic E-state index is 10.6. The lowest BCUT2D eigenvalue weighted by molar-refractivity contribution is -0.142. The Morgan fingerprint density at radius 3 is 2.45 bits per heavy atom. The molecule has 68 valence electrons. The summed E-state index contributed by atoms with van der Waals surface area (Å²) >= 11 is 0. The average molecular weight is 184 g/mol. The summed E-state index contributed by atoms with van der Waals surface area (Å²) in [5.74, 6) is -0.392. The lowest BCUT2D eigenvalue weighted by Gasteiger charge is -2.06. The van der Waals surface area contributed by atoms with Gasteiger partial charge in [0.2, 0.25) is 0 Å². The van der Waals surface area contributed by atoms with Gasteiger partial charge < -0.3 is 15.2 Å². The predicted molar refractivity (Wildman–Crippen MR) is 43.7 cm³/mol. The molecule has 5 heteroatoms. The molecule has 0 fully saturated rings. The zero-order chi connectivity index (χ0) is 7.98. The van der Waals surface area contributed by atoms with Crippen LogP contribution in [0.1, 0.15) is 6.42 Å². The van der Waals surface area contributed by atoms with Crippen LogP contribution in [0.4, 0.5) is 0 Å². The molecule has 4 nitrogen and oxygen atoms in total. The van der Waals surface area contributed by atoms with Crippen LogP contribution < -0.4 is 5.73 Å². The summed E-state index contributed by atoms with van der Waals surface area (Å²) in [6, 6.07) is -0.551. The van der Waals surface area contributed by atoms with E-state index in [1.54, 1.807) is 7.11 Å². The van der Waals surface area contributed by atoms with Crippen molar-refractivity contribution in [3.8, 4) is 0 Å². The van der Waals surface area contributed by atoms with E-state index in [0.717, 1.165) is 0 Å². The molecule has 11 heavy (non-hydrogen) atoms. The van der Waals surface area contributed by atoms with Gasteiger partial charge in [-0.2, -0.15) is 0 Å². The molecule has 2 N–H and O–H groups in total. The summed E-state index contributed by atoms with van der Waals surface area (Å²) in [7, 11) is 2.87. The van der Waals surface area contributed by atoms with Crippen LogP contribution in [-0.4, -0.2) is 32.8 Å². The maximum absolute atomic E-state index is 10.6. The minimum atomic E-state index is -0.551. The molecule has 0 aliphatic heterocycles. The normalized spacial score (nSPS) is 11.5. The van der Waals surface area contributed by atoms with E-state index in [2.05, 4.69) is 4.74 Å². The molecule has 0 bridgehead atoms. The Bertz CT molecular complexity index is 110. The van der Waals surface area contributed by atoms with E-state index >= 15 is 0 Å². The van der Waals surface area contributed by atoms with E-state index < -0.39 is 12.0 Å². The Labute approximate surface area is 72.4 Å². The monoisotopic (exact) mass is 183 g/mol. The van der Waals surface area contributed by atoms with Crippen molar-refractivity contribution in [2.75, 3.05) is 20.8 Å². The SMILES string of the molecule is COCCC(N)C(=O)OC.Cl. The number of hydrogen-bond donors (Lipinski definition) is 1. The van der Waals surface area contributed by atoms with Gasteiger partial charge in [0, 0.05) is 13.7 Å². The van der Waals surface area contributed by atoms with Gasteiger partial charge in [-0.3, -0.25) is 4.79 Å². The highest BCUT2D eigenvalue weighted by molar-refractivity contribution is 5.85. The van der Waals surface area contributed by atoms with Crippen LogP contribution in [0.15, 0.2) is 0 Å². The zero-order valence-corrected chi connectivity index (χ0v) is 7.52. The van der Waals surface area contributed by atoms with E-state index in [9.17, 15) is 4.79 Å². The summed E-state index contributed by atoms with van der Waals surface area (Å²) < 4.78 is 9.11. The Kier molecular flexibility index (Phi) is 9.40. The second-order valence-corrected chi connectivity index (χ2v) is 1.91. The molecule has 1 atom stereocenters. The predicted octanol–water partition coefficient (Wildman–Crippen LogP) is -0.0550. The molecule has 0 spiro atoms. The van der Waals surface area contributed by atoms with Crippen molar-refractivity contribution < 1.29 is 14.3 Å². The molecule has 0 rings (SSSR count). The fraction of sp³-hybridized carbons (Fsp3) is 0.833. The molecule has 1 unspecified atom stereocenters. The molecular weight excluding hydrogens is 170 g/mol. The van der Waals surface area contributed by atoms with Gasteiger partial charge in [-0.05, 0) is 6.42 Å². The number of esters is 1. The fourth-order valence-electron chi connectivity index (χ4n) is 0.514. The van der Waals surface area contributed by atoms with Gasteiger partial charge in [-0.1, -0.05) is 0 Å². The van der Waals surface area contributed by atoms with Crippen molar-refractivity contribution >= 4 is 18.4 Å². The minimum Gasteiger partial charge on any atom is -0.468 e. The van der Waals surface area contributed by atoms with E-state index in [1.165, 1.54) is 7.11 Å². The van der Waals surface area contributed by atoms with Crippen LogP contribution in [0.5, 0.6) is 0 Å². The van der Waals surface area contributed by atoms with Crippen LogP contribution in [-0.2, 0) is 14.3 Å². The molecule has 0 aliphatic rings. The van der Waals surface area contributed by atoms with Crippen molar-refractivity contribution in [3.05, 3.63) is 0 Å². The Balaban J connectivity index is 0. The summed E-state index contributed by atoms with van der Waals surface area (Å²) in [6.07, 6.45) is 0.503. The van der Waals surface area contributed by atoms with E-state index in [1.807, 2.05) is 0 Å². The van der Waals surface area contributed by atoms with E-state index in [0.29, 0.717) is 13.0 Å². The number of carbonyl (C=O) groups excluding carboxylic acids is 1. The molecule has 0 aromatic rings. The molecule has 0 heterocycles. The van der Waals surface area contributed by atoms with Gasteiger partial charge in [-0.25, -0.2) is 0 Å². The first-order valence-electron chi connectivity index (χ1n) is 3.04. The fourth-order valence-corrected chi connectivity index (χ4v) is 0.514. The van der Waals surface area contributed by atoms with Gasteiger partial charge in [-0.15, -0.1) is 12.4 Å². The average Bonchev–Trinajstić information content (AvgIpc) is 1.98. The highest BCUT2D eigenvalue weighted by Crippen LogP contribution is 1.90. The van der Waals surface area contributed by atoms with E-state index in [-0.39, 0.29) is 12.4 Å². The van der Waals surface area contributed by atoms with Crippen LogP contribution in [0.3, 0.4) is 0 Å². The first-order valence-corrected chi connectivity index (χ1v) is 3.04. The Morgan fingerprint density at radius 1 is 1.55 bits per heavy atom. The minimum absolute atomic E-state index is 0. The first-order chi connectivity index (χ1) is 4.72. The van der Waals surface area contributed by atoms with Crippen LogP contribution in [0.2, 0.25) is 0 Å². The maximum Gasteiger partial charge on any atom is 0.322 e. The molecular formula is C6H14ClNO3. The number of halogens is 1. The number of rotatable bonds is 4. The summed E-state index contributed by atoms with van der Waals surface area (Å²) in [5, 5.41) is 0. The van der Waals surface area contributed by atoms with E-state index in [4.69, 9.17) is 10.5 Å². The first kappa shape index (κ1) is 13.3. The molecule has 0 aromatic heterocycles. The van der Waals surface area contributed by atoms with Crippen LogP contribution in [0, 0.1) is 0 Å². The Morgan fingerprint density at radius 2 is 2.09 bits per heavy atom.